The van der Waals surface area contributed by atoms with Crippen molar-refractivity contribution in [1.29, 1.82) is 0 Å². The number of aromatic amines is 1. The predicted octanol–water partition coefficient (Wildman–Crippen LogP) is 2.44. The molecule has 1 heterocycles. The van der Waals surface area contributed by atoms with E-state index in [0.29, 0.717) is 11.8 Å². The molecule has 66 valence electrons. The second-order valence-corrected chi connectivity index (χ2v) is 4.74. The van der Waals surface area contributed by atoms with Crippen molar-refractivity contribution in [3.8, 4) is 0 Å². The van der Waals surface area contributed by atoms with Crippen molar-refractivity contribution in [2.45, 2.75) is 38.5 Å². The fraction of sp³-hybridized carbons (Fsp3) is 0.667. The Hall–Kier alpha value is -0.570. The van der Waals surface area contributed by atoms with Gasteiger partial charge >= 0.3 is 4.87 Å². The lowest BCUT2D eigenvalue weighted by Gasteiger charge is -2.02. The first-order chi connectivity index (χ1) is 5.68. The first kappa shape index (κ1) is 8.05. The van der Waals surface area contributed by atoms with Gasteiger partial charge in [0.05, 0.1) is 0 Å². The molecule has 1 N–H and O–H groups in total. The Bertz CT molecular complexity index is 310. The summed E-state index contributed by atoms with van der Waals surface area (Å²) in [5.41, 5.74) is 1.22. The predicted molar refractivity (Wildman–Crippen MR) is 51.0 cm³/mol. The molecule has 1 saturated carbocycles. The molecule has 0 bridgehead atoms. The van der Waals surface area contributed by atoms with Crippen LogP contribution in [-0.2, 0) is 0 Å². The molecule has 0 atom stereocenters. The normalized spacial score (nSPS) is 17.2. The number of aromatic nitrogens is 1. The molecule has 1 aromatic rings. The first-order valence-electron chi connectivity index (χ1n) is 4.41. The third-order valence-electron chi connectivity index (χ3n) is 2.21. The number of nitrogens with one attached hydrogen (secondary N) is 1. The summed E-state index contributed by atoms with van der Waals surface area (Å²) in [6, 6.07) is 0. The van der Waals surface area contributed by atoms with Crippen LogP contribution in [0.25, 0.3) is 0 Å². The standard InChI is InChI=1S/C9H13NOS/c1-5(2)8-7(6-3-4-6)10-9(11)12-8/h5-6H,3-4H2,1-2H3,(H,10,11). The summed E-state index contributed by atoms with van der Waals surface area (Å²) in [4.78, 5) is 15.4. The van der Waals surface area contributed by atoms with Gasteiger partial charge in [0.2, 0.25) is 0 Å². The minimum Gasteiger partial charge on any atom is -0.316 e. The van der Waals surface area contributed by atoms with Gasteiger partial charge < -0.3 is 4.98 Å². The lowest BCUT2D eigenvalue weighted by atomic mass is 10.1. The monoisotopic (exact) mass is 183 g/mol. The highest BCUT2D eigenvalue weighted by atomic mass is 32.1. The van der Waals surface area contributed by atoms with Crippen LogP contribution >= 0.6 is 11.3 Å². The molecule has 1 aromatic heterocycles. The van der Waals surface area contributed by atoms with Gasteiger partial charge in [-0.05, 0) is 18.8 Å². The number of hydrogen-bond acceptors (Lipinski definition) is 2. The van der Waals surface area contributed by atoms with Crippen LogP contribution < -0.4 is 4.87 Å². The van der Waals surface area contributed by atoms with E-state index < -0.39 is 0 Å². The van der Waals surface area contributed by atoms with Crippen LogP contribution in [0.1, 0.15) is 49.1 Å². The van der Waals surface area contributed by atoms with Gasteiger partial charge in [-0.25, -0.2) is 0 Å². The number of rotatable bonds is 2. The minimum atomic E-state index is 0.112. The van der Waals surface area contributed by atoms with Crippen molar-refractivity contribution in [2.75, 3.05) is 0 Å². The van der Waals surface area contributed by atoms with E-state index in [-0.39, 0.29) is 4.87 Å². The Kier molecular flexibility index (Phi) is 1.83. The Labute approximate surface area is 75.6 Å². The Balaban J connectivity index is 2.43. The summed E-state index contributed by atoms with van der Waals surface area (Å²) in [5.74, 6) is 1.16. The molecular formula is C9H13NOS. The van der Waals surface area contributed by atoms with Crippen molar-refractivity contribution in [2.24, 2.45) is 0 Å². The number of hydrogen-bond donors (Lipinski definition) is 1. The molecule has 0 unspecified atom stereocenters. The van der Waals surface area contributed by atoms with E-state index in [2.05, 4.69) is 18.8 Å². The van der Waals surface area contributed by atoms with Gasteiger partial charge in [-0.1, -0.05) is 25.2 Å². The van der Waals surface area contributed by atoms with Gasteiger partial charge in [0.1, 0.15) is 0 Å². The van der Waals surface area contributed by atoms with Crippen molar-refractivity contribution < 1.29 is 0 Å². The molecule has 1 fully saturated rings. The molecule has 1 aliphatic rings. The smallest absolute Gasteiger partial charge is 0.304 e. The van der Waals surface area contributed by atoms with Crippen LogP contribution in [0.15, 0.2) is 4.79 Å². The third-order valence-corrected chi connectivity index (χ3v) is 3.41. The van der Waals surface area contributed by atoms with Crippen LogP contribution in [0, 0.1) is 0 Å². The van der Waals surface area contributed by atoms with E-state index in [1.807, 2.05) is 0 Å². The van der Waals surface area contributed by atoms with Gasteiger partial charge in [0.15, 0.2) is 0 Å². The minimum absolute atomic E-state index is 0.112. The Morgan fingerprint density at radius 2 is 2.17 bits per heavy atom. The Morgan fingerprint density at radius 1 is 1.50 bits per heavy atom. The second kappa shape index (κ2) is 2.73. The zero-order valence-corrected chi connectivity index (χ0v) is 8.20. The summed E-state index contributed by atoms with van der Waals surface area (Å²) in [5, 5.41) is 0. The molecule has 12 heavy (non-hydrogen) atoms. The SMILES string of the molecule is CC(C)c1sc(=O)[nH]c1C1CC1. The van der Waals surface area contributed by atoms with E-state index in [4.69, 9.17) is 0 Å². The molecule has 0 saturated heterocycles. The summed E-state index contributed by atoms with van der Waals surface area (Å²) < 4.78 is 0. The lowest BCUT2D eigenvalue weighted by Crippen LogP contribution is -1.94. The van der Waals surface area contributed by atoms with Crippen LogP contribution in [0.5, 0.6) is 0 Å². The maximum Gasteiger partial charge on any atom is 0.304 e. The van der Waals surface area contributed by atoms with Crippen LogP contribution in [-0.4, -0.2) is 4.98 Å². The highest BCUT2D eigenvalue weighted by Gasteiger charge is 2.29. The summed E-state index contributed by atoms with van der Waals surface area (Å²) in [6.07, 6.45) is 2.51. The highest BCUT2D eigenvalue weighted by Crippen LogP contribution is 2.42. The quantitative estimate of drug-likeness (QED) is 0.750. The molecular weight excluding hydrogens is 170 g/mol. The van der Waals surface area contributed by atoms with E-state index in [0.717, 1.165) is 0 Å². The number of H-pyrrole nitrogens is 1. The van der Waals surface area contributed by atoms with Crippen LogP contribution in [0.3, 0.4) is 0 Å². The summed E-state index contributed by atoms with van der Waals surface area (Å²) in [6.45, 7) is 4.29. The zero-order valence-electron chi connectivity index (χ0n) is 7.39. The number of thiazole rings is 1. The molecule has 0 spiro atoms. The zero-order chi connectivity index (χ0) is 8.72. The largest absolute Gasteiger partial charge is 0.316 e. The highest BCUT2D eigenvalue weighted by molar-refractivity contribution is 7.09. The van der Waals surface area contributed by atoms with Crippen molar-refractivity contribution in [3.63, 3.8) is 0 Å². The molecule has 2 rings (SSSR count). The molecule has 3 heteroatoms. The maximum atomic E-state index is 11.1. The molecule has 0 aromatic carbocycles. The van der Waals surface area contributed by atoms with Crippen LogP contribution in [0.2, 0.25) is 0 Å². The van der Waals surface area contributed by atoms with E-state index in [1.54, 1.807) is 0 Å². The van der Waals surface area contributed by atoms with E-state index in [9.17, 15) is 4.79 Å². The van der Waals surface area contributed by atoms with Crippen molar-refractivity contribution in [3.05, 3.63) is 20.2 Å². The molecule has 0 aliphatic heterocycles. The average molecular weight is 183 g/mol. The van der Waals surface area contributed by atoms with Gasteiger partial charge in [-0.2, -0.15) is 0 Å². The Morgan fingerprint density at radius 3 is 2.67 bits per heavy atom. The molecule has 0 radical (unpaired) electrons. The molecule has 0 amide bonds. The van der Waals surface area contributed by atoms with Crippen molar-refractivity contribution in [1.82, 2.24) is 4.98 Å². The molecule has 1 aliphatic carbocycles. The summed E-state index contributed by atoms with van der Waals surface area (Å²) >= 11 is 1.38. The van der Waals surface area contributed by atoms with Gasteiger partial charge in [-0.3, -0.25) is 4.79 Å². The second-order valence-electron chi connectivity index (χ2n) is 3.72. The van der Waals surface area contributed by atoms with E-state index in [1.165, 1.54) is 34.7 Å². The third kappa shape index (κ3) is 1.33. The fourth-order valence-corrected chi connectivity index (χ4v) is 2.38. The lowest BCUT2D eigenvalue weighted by molar-refractivity contribution is 0.851. The van der Waals surface area contributed by atoms with Crippen LogP contribution in [0.4, 0.5) is 0 Å². The van der Waals surface area contributed by atoms with Gasteiger partial charge in [-0.15, -0.1) is 0 Å². The maximum absolute atomic E-state index is 11.1. The summed E-state index contributed by atoms with van der Waals surface area (Å²) in [7, 11) is 0. The molecule has 2 nitrogen and oxygen atoms in total. The average Bonchev–Trinajstić information content (AvgIpc) is 2.75. The van der Waals surface area contributed by atoms with E-state index >= 15 is 0 Å². The topological polar surface area (TPSA) is 32.9 Å². The van der Waals surface area contributed by atoms with Gasteiger partial charge in [0, 0.05) is 16.5 Å². The van der Waals surface area contributed by atoms with Crippen molar-refractivity contribution >= 4 is 11.3 Å². The fourth-order valence-electron chi connectivity index (χ4n) is 1.46. The first-order valence-corrected chi connectivity index (χ1v) is 5.23. The van der Waals surface area contributed by atoms with Gasteiger partial charge in [0.25, 0.3) is 0 Å².